The molecule has 0 amide bonds. The minimum Gasteiger partial charge on any atom is -0.291 e. The van der Waals surface area contributed by atoms with Gasteiger partial charge in [-0.15, -0.1) is 0 Å². The summed E-state index contributed by atoms with van der Waals surface area (Å²) in [4.78, 5) is 8.85. The second-order valence-electron chi connectivity index (χ2n) is 4.80. The highest BCUT2D eigenvalue weighted by Crippen LogP contribution is 2.24. The van der Waals surface area contributed by atoms with Gasteiger partial charge in [0, 0.05) is 35.3 Å². The summed E-state index contributed by atoms with van der Waals surface area (Å²) in [6.07, 6.45) is 6.86. The predicted octanol–water partition coefficient (Wildman–Crippen LogP) is 2.94. The van der Waals surface area contributed by atoms with Crippen molar-refractivity contribution in [1.82, 2.24) is 19.6 Å². The molecule has 0 bridgehead atoms. The van der Waals surface area contributed by atoms with E-state index in [1.807, 2.05) is 28.9 Å². The monoisotopic (exact) mass is 268 g/mol. The highest BCUT2D eigenvalue weighted by Gasteiger charge is 2.17. The smallest absolute Gasteiger partial charge is 0.155 e. The molecule has 0 saturated heterocycles. The molecule has 3 aromatic rings. The van der Waals surface area contributed by atoms with Crippen LogP contribution in [0.1, 0.15) is 17.7 Å². The van der Waals surface area contributed by atoms with E-state index in [-0.39, 0.29) is 0 Å². The van der Waals surface area contributed by atoms with Gasteiger partial charge in [0.25, 0.3) is 0 Å². The number of pyridine rings is 1. The zero-order valence-electron chi connectivity index (χ0n) is 10.3. The molecule has 4 nitrogen and oxygen atoms in total. The fourth-order valence-electron chi connectivity index (χ4n) is 2.67. The maximum Gasteiger partial charge on any atom is 0.155 e. The van der Waals surface area contributed by atoms with Crippen LogP contribution in [0.5, 0.6) is 0 Å². The highest BCUT2D eigenvalue weighted by molar-refractivity contribution is 7.71. The van der Waals surface area contributed by atoms with Crippen LogP contribution in [-0.2, 0) is 12.8 Å². The standard InChI is InChI=1S/C14H12N4S/c19-14-10-4-1-5-11(10)16-13-7-12(17-18(13)14)9-3-2-6-15-8-9/h2-3,6-8,17H,1,4-5H2. The molecule has 5 heteroatoms. The minimum absolute atomic E-state index is 0.868. The number of H-pyrrole nitrogens is 1. The summed E-state index contributed by atoms with van der Waals surface area (Å²) in [5.74, 6) is 0. The number of hydrogen-bond donors (Lipinski definition) is 1. The second kappa shape index (κ2) is 3.99. The van der Waals surface area contributed by atoms with Crippen LogP contribution in [0.15, 0.2) is 30.6 Å². The third-order valence-corrected chi connectivity index (χ3v) is 4.04. The van der Waals surface area contributed by atoms with Gasteiger partial charge in [-0.2, -0.15) is 0 Å². The first-order chi connectivity index (χ1) is 9.33. The average Bonchev–Trinajstić information content (AvgIpc) is 3.06. The van der Waals surface area contributed by atoms with Crippen molar-refractivity contribution in [2.24, 2.45) is 0 Å². The van der Waals surface area contributed by atoms with Crippen molar-refractivity contribution in [1.29, 1.82) is 0 Å². The van der Waals surface area contributed by atoms with Gasteiger partial charge in [-0.3, -0.25) is 10.1 Å². The molecule has 4 rings (SSSR count). The van der Waals surface area contributed by atoms with Crippen LogP contribution in [0.3, 0.4) is 0 Å². The van der Waals surface area contributed by atoms with Gasteiger partial charge in [0.05, 0.1) is 5.69 Å². The predicted molar refractivity (Wildman–Crippen MR) is 75.6 cm³/mol. The van der Waals surface area contributed by atoms with E-state index in [1.165, 1.54) is 11.3 Å². The van der Waals surface area contributed by atoms with Crippen molar-refractivity contribution in [2.75, 3.05) is 0 Å². The number of hydrogen-bond acceptors (Lipinski definition) is 3. The van der Waals surface area contributed by atoms with Gasteiger partial charge in [0.1, 0.15) is 4.64 Å². The lowest BCUT2D eigenvalue weighted by atomic mass is 10.2. The molecule has 0 fully saturated rings. The quantitative estimate of drug-likeness (QED) is 0.690. The molecule has 0 atom stereocenters. The first kappa shape index (κ1) is 10.9. The fourth-order valence-corrected chi connectivity index (χ4v) is 3.02. The van der Waals surface area contributed by atoms with Crippen LogP contribution >= 0.6 is 12.2 Å². The van der Waals surface area contributed by atoms with Crippen LogP contribution in [-0.4, -0.2) is 19.6 Å². The molecule has 0 saturated carbocycles. The van der Waals surface area contributed by atoms with Gasteiger partial charge in [0.2, 0.25) is 0 Å². The van der Waals surface area contributed by atoms with Crippen molar-refractivity contribution >= 4 is 17.9 Å². The summed E-state index contributed by atoms with van der Waals surface area (Å²) in [5.41, 5.74) is 5.33. The Morgan fingerprint density at radius 1 is 1.32 bits per heavy atom. The molecule has 0 radical (unpaired) electrons. The van der Waals surface area contributed by atoms with Gasteiger partial charge < -0.3 is 0 Å². The van der Waals surface area contributed by atoms with Crippen molar-refractivity contribution < 1.29 is 0 Å². The van der Waals surface area contributed by atoms with Gasteiger partial charge >= 0.3 is 0 Å². The number of fused-ring (bicyclic) bond motifs is 2. The third kappa shape index (κ3) is 1.62. The second-order valence-corrected chi connectivity index (χ2v) is 5.19. The zero-order chi connectivity index (χ0) is 12.8. The Bertz CT molecular complexity index is 817. The van der Waals surface area contributed by atoms with Crippen molar-refractivity contribution in [3.05, 3.63) is 46.5 Å². The molecule has 1 N–H and O–H groups in total. The molecular weight excluding hydrogens is 256 g/mol. The first-order valence-electron chi connectivity index (χ1n) is 6.37. The lowest BCUT2D eigenvalue weighted by Gasteiger charge is -2.00. The van der Waals surface area contributed by atoms with E-state index in [0.29, 0.717) is 0 Å². The molecule has 0 unspecified atom stereocenters. The van der Waals surface area contributed by atoms with E-state index in [4.69, 9.17) is 17.2 Å². The Kier molecular flexibility index (Phi) is 2.29. The molecule has 3 aromatic heterocycles. The molecule has 1 aliphatic rings. The van der Waals surface area contributed by atoms with Crippen LogP contribution in [0.2, 0.25) is 0 Å². The summed E-state index contributed by atoms with van der Waals surface area (Å²) < 4.78 is 2.77. The Morgan fingerprint density at radius 3 is 3.11 bits per heavy atom. The number of nitrogens with zero attached hydrogens (tertiary/aromatic N) is 3. The summed E-state index contributed by atoms with van der Waals surface area (Å²) in [5, 5.41) is 3.32. The molecule has 94 valence electrons. The number of nitrogens with one attached hydrogen (secondary N) is 1. The summed E-state index contributed by atoms with van der Waals surface area (Å²) in [7, 11) is 0. The highest BCUT2D eigenvalue weighted by atomic mass is 32.1. The Hall–Kier alpha value is -2.01. The van der Waals surface area contributed by atoms with E-state index < -0.39 is 0 Å². The fraction of sp³-hybridized carbons (Fsp3) is 0.214. The third-order valence-electron chi connectivity index (χ3n) is 3.61. The Morgan fingerprint density at radius 2 is 2.26 bits per heavy atom. The normalized spacial score (nSPS) is 13.9. The molecule has 0 aromatic carbocycles. The summed E-state index contributed by atoms with van der Waals surface area (Å²) >= 11 is 5.56. The first-order valence-corrected chi connectivity index (χ1v) is 6.78. The van der Waals surface area contributed by atoms with Crippen LogP contribution < -0.4 is 0 Å². The Balaban J connectivity index is 1.99. The van der Waals surface area contributed by atoms with Gasteiger partial charge in [-0.25, -0.2) is 9.50 Å². The number of aryl methyl sites for hydroxylation is 1. The molecule has 3 heterocycles. The maximum absolute atomic E-state index is 5.56. The van der Waals surface area contributed by atoms with Gasteiger partial charge in [-0.1, -0.05) is 12.2 Å². The van der Waals surface area contributed by atoms with Crippen LogP contribution in [0.4, 0.5) is 0 Å². The van der Waals surface area contributed by atoms with Crippen LogP contribution in [0, 0.1) is 4.64 Å². The summed E-state index contributed by atoms with van der Waals surface area (Å²) in [6, 6.07) is 5.98. The number of aromatic amines is 1. The van der Waals surface area contributed by atoms with E-state index in [2.05, 4.69) is 10.1 Å². The molecular formula is C14H12N4S. The molecule has 0 aliphatic heterocycles. The maximum atomic E-state index is 5.56. The lowest BCUT2D eigenvalue weighted by molar-refractivity contribution is 0.896. The van der Waals surface area contributed by atoms with Gasteiger partial charge in [0.15, 0.2) is 5.65 Å². The van der Waals surface area contributed by atoms with E-state index in [1.54, 1.807) is 6.20 Å². The number of rotatable bonds is 1. The minimum atomic E-state index is 0.868. The number of aromatic nitrogens is 4. The lowest BCUT2D eigenvalue weighted by Crippen LogP contribution is -1.99. The molecule has 0 spiro atoms. The van der Waals surface area contributed by atoms with E-state index in [0.717, 1.165) is 40.8 Å². The van der Waals surface area contributed by atoms with Gasteiger partial charge in [-0.05, 0) is 31.4 Å². The van der Waals surface area contributed by atoms with Crippen molar-refractivity contribution in [3.63, 3.8) is 0 Å². The molecule has 1 aliphatic carbocycles. The molecule has 19 heavy (non-hydrogen) atoms. The van der Waals surface area contributed by atoms with E-state index >= 15 is 0 Å². The summed E-state index contributed by atoms with van der Waals surface area (Å²) in [6.45, 7) is 0. The van der Waals surface area contributed by atoms with E-state index in [9.17, 15) is 0 Å². The topological polar surface area (TPSA) is 46.0 Å². The SMILES string of the molecule is S=c1c2c(nc3cc(-c4cccnc4)[nH]n13)CCC2. The Labute approximate surface area is 115 Å². The average molecular weight is 268 g/mol. The van der Waals surface area contributed by atoms with Crippen LogP contribution in [0.25, 0.3) is 16.9 Å². The van der Waals surface area contributed by atoms with Crippen molar-refractivity contribution in [3.8, 4) is 11.3 Å². The largest absolute Gasteiger partial charge is 0.291 e. The van der Waals surface area contributed by atoms with Crippen molar-refractivity contribution in [2.45, 2.75) is 19.3 Å². The zero-order valence-corrected chi connectivity index (χ0v) is 11.1.